The van der Waals surface area contributed by atoms with Gasteiger partial charge in [-0.05, 0) is 38.5 Å². The monoisotopic (exact) mass is 502 g/mol. The summed E-state index contributed by atoms with van der Waals surface area (Å²) in [6.45, 7) is 9.67. The first-order valence-electron chi connectivity index (χ1n) is 12.3. The highest BCUT2D eigenvalue weighted by Crippen LogP contribution is 2.30. The van der Waals surface area contributed by atoms with E-state index in [9.17, 15) is 9.59 Å². The Kier molecular flexibility index (Phi) is 9.78. The van der Waals surface area contributed by atoms with Gasteiger partial charge in [-0.1, -0.05) is 37.3 Å². The summed E-state index contributed by atoms with van der Waals surface area (Å²) in [5.41, 5.74) is 0.334. The third-order valence-corrected chi connectivity index (χ3v) is 5.76. The number of furan rings is 1. The standard InChI is InChI=1S/C27H38N2O7/c1-20(24(23-12-9-14-34-23)28(5)25(30)36-27(2,3)4)17-32-19-22-16-29(13-15-33-22)26(31)35-18-21-10-7-6-8-11-21/h6-12,14,20,22,24H,13,15-19H2,1-5H3/t20-,22+,24+/m1/s1. The molecule has 0 radical (unpaired) electrons. The number of carbonyl (C=O) groups is 2. The van der Waals surface area contributed by atoms with E-state index in [0.29, 0.717) is 38.7 Å². The summed E-state index contributed by atoms with van der Waals surface area (Å²) in [5, 5.41) is 0. The van der Waals surface area contributed by atoms with Crippen molar-refractivity contribution in [3.05, 3.63) is 60.1 Å². The lowest BCUT2D eigenvalue weighted by molar-refractivity contribution is -0.0734. The van der Waals surface area contributed by atoms with E-state index in [4.69, 9.17) is 23.4 Å². The van der Waals surface area contributed by atoms with E-state index in [0.717, 1.165) is 5.56 Å². The van der Waals surface area contributed by atoms with Crippen LogP contribution in [0.4, 0.5) is 9.59 Å². The van der Waals surface area contributed by atoms with Crippen molar-refractivity contribution in [1.29, 1.82) is 0 Å². The lowest BCUT2D eigenvalue weighted by atomic mass is 9.99. The fourth-order valence-corrected chi connectivity index (χ4v) is 4.03. The summed E-state index contributed by atoms with van der Waals surface area (Å²) in [7, 11) is 1.70. The third kappa shape index (κ3) is 8.27. The van der Waals surface area contributed by atoms with Gasteiger partial charge in [0, 0.05) is 19.5 Å². The van der Waals surface area contributed by atoms with E-state index in [-0.39, 0.29) is 30.8 Å². The minimum absolute atomic E-state index is 0.0933. The summed E-state index contributed by atoms with van der Waals surface area (Å²) in [6.07, 6.45) is 0.523. The van der Waals surface area contributed by atoms with Crippen molar-refractivity contribution < 1.29 is 33.0 Å². The number of nitrogens with zero attached hydrogens (tertiary/aromatic N) is 2. The maximum atomic E-state index is 12.7. The van der Waals surface area contributed by atoms with Crippen LogP contribution in [0.1, 0.15) is 45.1 Å². The fourth-order valence-electron chi connectivity index (χ4n) is 4.03. The number of ether oxygens (including phenoxy) is 4. The Labute approximate surface area is 213 Å². The molecule has 1 aromatic heterocycles. The van der Waals surface area contributed by atoms with Crippen molar-refractivity contribution in [3.8, 4) is 0 Å². The van der Waals surface area contributed by atoms with E-state index >= 15 is 0 Å². The first-order chi connectivity index (χ1) is 17.1. The van der Waals surface area contributed by atoms with Crippen molar-refractivity contribution in [1.82, 2.24) is 9.80 Å². The molecule has 0 unspecified atom stereocenters. The summed E-state index contributed by atoms with van der Waals surface area (Å²) >= 11 is 0. The number of hydrogen-bond acceptors (Lipinski definition) is 7. The Morgan fingerprint density at radius 3 is 2.58 bits per heavy atom. The number of rotatable bonds is 9. The molecule has 36 heavy (non-hydrogen) atoms. The SMILES string of the molecule is C[C@H](COC[C@@H]1CN(C(=O)OCc2ccccc2)CCO1)[C@@H](c1ccco1)N(C)C(=O)OC(C)(C)C. The van der Waals surface area contributed by atoms with E-state index in [1.54, 1.807) is 29.2 Å². The summed E-state index contributed by atoms with van der Waals surface area (Å²) in [6, 6.07) is 12.8. The van der Waals surface area contributed by atoms with Crippen molar-refractivity contribution in [2.24, 2.45) is 5.92 Å². The molecule has 1 saturated heterocycles. The lowest BCUT2D eigenvalue weighted by Crippen LogP contribution is -2.47. The Balaban J connectivity index is 1.49. The van der Waals surface area contributed by atoms with Crippen LogP contribution in [0, 0.1) is 5.92 Å². The van der Waals surface area contributed by atoms with Crippen LogP contribution in [-0.2, 0) is 25.6 Å². The first-order valence-corrected chi connectivity index (χ1v) is 12.3. The molecule has 0 aliphatic carbocycles. The molecule has 0 saturated carbocycles. The minimum atomic E-state index is -0.606. The van der Waals surface area contributed by atoms with Crippen LogP contribution in [0.2, 0.25) is 0 Å². The molecule has 1 aliphatic rings. The van der Waals surface area contributed by atoms with Gasteiger partial charge in [0.1, 0.15) is 18.0 Å². The molecule has 0 bridgehead atoms. The number of morpholine rings is 1. The van der Waals surface area contributed by atoms with Gasteiger partial charge in [-0.25, -0.2) is 9.59 Å². The molecule has 1 aliphatic heterocycles. The fraction of sp³-hybridized carbons (Fsp3) is 0.556. The first kappa shape index (κ1) is 27.5. The molecule has 0 spiro atoms. The highest BCUT2D eigenvalue weighted by molar-refractivity contribution is 5.68. The van der Waals surface area contributed by atoms with Gasteiger partial charge in [0.25, 0.3) is 0 Å². The lowest BCUT2D eigenvalue weighted by Gasteiger charge is -2.34. The Bertz CT molecular complexity index is 943. The van der Waals surface area contributed by atoms with Crippen LogP contribution in [0.5, 0.6) is 0 Å². The van der Waals surface area contributed by atoms with Crippen molar-refractivity contribution in [2.75, 3.05) is 40.0 Å². The van der Waals surface area contributed by atoms with Crippen molar-refractivity contribution in [3.63, 3.8) is 0 Å². The van der Waals surface area contributed by atoms with E-state index in [1.807, 2.05) is 64.1 Å². The molecule has 9 nitrogen and oxygen atoms in total. The molecule has 2 aromatic rings. The van der Waals surface area contributed by atoms with Crippen LogP contribution in [-0.4, -0.2) is 73.6 Å². The zero-order valence-corrected chi connectivity index (χ0v) is 21.8. The maximum absolute atomic E-state index is 12.7. The Morgan fingerprint density at radius 2 is 1.92 bits per heavy atom. The second kappa shape index (κ2) is 12.8. The van der Waals surface area contributed by atoms with Gasteiger partial charge in [-0.3, -0.25) is 0 Å². The quantitative estimate of drug-likeness (QED) is 0.483. The Hall–Kier alpha value is -3.04. The van der Waals surface area contributed by atoms with Crippen LogP contribution in [0.25, 0.3) is 0 Å². The largest absolute Gasteiger partial charge is 0.467 e. The van der Waals surface area contributed by atoms with Crippen molar-refractivity contribution in [2.45, 2.75) is 52.0 Å². The van der Waals surface area contributed by atoms with Gasteiger partial charge in [-0.15, -0.1) is 0 Å². The zero-order chi connectivity index (χ0) is 26.1. The van der Waals surface area contributed by atoms with E-state index in [1.165, 1.54) is 0 Å². The van der Waals surface area contributed by atoms with Gasteiger partial charge >= 0.3 is 12.2 Å². The van der Waals surface area contributed by atoms with Gasteiger partial charge in [0.05, 0.1) is 44.8 Å². The molecule has 1 fully saturated rings. The predicted octanol–water partition coefficient (Wildman–Crippen LogP) is 4.88. The molecule has 1 aromatic carbocycles. The summed E-state index contributed by atoms with van der Waals surface area (Å²) in [5.74, 6) is 0.560. The number of amides is 2. The molecular formula is C27H38N2O7. The number of carbonyl (C=O) groups excluding carboxylic acids is 2. The van der Waals surface area contributed by atoms with E-state index in [2.05, 4.69) is 0 Å². The molecule has 2 amide bonds. The predicted molar refractivity (Wildman–Crippen MR) is 133 cm³/mol. The van der Waals surface area contributed by atoms with Crippen LogP contribution >= 0.6 is 0 Å². The number of hydrogen-bond donors (Lipinski definition) is 0. The second-order valence-electron chi connectivity index (χ2n) is 10.0. The summed E-state index contributed by atoms with van der Waals surface area (Å²) < 4.78 is 28.4. The van der Waals surface area contributed by atoms with Gasteiger partial charge in [0.15, 0.2) is 0 Å². The average Bonchev–Trinajstić information content (AvgIpc) is 3.37. The van der Waals surface area contributed by atoms with Crippen LogP contribution < -0.4 is 0 Å². The molecule has 9 heteroatoms. The molecule has 3 atom stereocenters. The van der Waals surface area contributed by atoms with Gasteiger partial charge in [0.2, 0.25) is 0 Å². The van der Waals surface area contributed by atoms with Crippen LogP contribution in [0.3, 0.4) is 0 Å². The summed E-state index contributed by atoms with van der Waals surface area (Å²) in [4.78, 5) is 28.4. The van der Waals surface area contributed by atoms with E-state index < -0.39 is 11.7 Å². The average molecular weight is 503 g/mol. The second-order valence-corrected chi connectivity index (χ2v) is 10.0. The van der Waals surface area contributed by atoms with Crippen molar-refractivity contribution >= 4 is 12.2 Å². The molecule has 198 valence electrons. The zero-order valence-electron chi connectivity index (χ0n) is 21.8. The molecular weight excluding hydrogens is 464 g/mol. The Morgan fingerprint density at radius 1 is 1.17 bits per heavy atom. The smallest absolute Gasteiger partial charge is 0.410 e. The van der Waals surface area contributed by atoms with Gasteiger partial charge < -0.3 is 33.2 Å². The van der Waals surface area contributed by atoms with Gasteiger partial charge in [-0.2, -0.15) is 0 Å². The maximum Gasteiger partial charge on any atom is 0.410 e. The minimum Gasteiger partial charge on any atom is -0.467 e. The highest BCUT2D eigenvalue weighted by Gasteiger charge is 2.33. The number of benzene rings is 1. The van der Waals surface area contributed by atoms with Crippen LogP contribution in [0.15, 0.2) is 53.1 Å². The topological polar surface area (TPSA) is 90.7 Å². The molecule has 3 rings (SSSR count). The normalized spacial score (nSPS) is 17.8. The highest BCUT2D eigenvalue weighted by atomic mass is 16.6. The third-order valence-electron chi connectivity index (χ3n) is 5.76. The molecule has 0 N–H and O–H groups in total. The molecule has 2 heterocycles.